The lowest BCUT2D eigenvalue weighted by Gasteiger charge is -2.13. The van der Waals surface area contributed by atoms with Crippen molar-refractivity contribution in [2.24, 2.45) is 0 Å². The average Bonchev–Trinajstić information content (AvgIpc) is 3.21. The van der Waals surface area contributed by atoms with Crippen LogP contribution in [0.5, 0.6) is 0 Å². The summed E-state index contributed by atoms with van der Waals surface area (Å²) in [6.45, 7) is 0.906. The molecule has 0 spiro atoms. The van der Waals surface area contributed by atoms with Gasteiger partial charge in [-0.15, -0.1) is 0 Å². The van der Waals surface area contributed by atoms with E-state index >= 15 is 0 Å². The van der Waals surface area contributed by atoms with Crippen molar-refractivity contribution in [3.63, 3.8) is 0 Å². The maximum atomic E-state index is 14.9. The first-order valence-corrected chi connectivity index (χ1v) is 8.68. The van der Waals surface area contributed by atoms with Crippen LogP contribution in [0, 0.1) is 5.82 Å². The Labute approximate surface area is 150 Å². The minimum Gasteiger partial charge on any atom is -0.354 e. The summed E-state index contributed by atoms with van der Waals surface area (Å²) in [5.41, 5.74) is 6.30. The summed E-state index contributed by atoms with van der Waals surface area (Å²) in [6, 6.07) is 9.30. The predicted molar refractivity (Wildman–Crippen MR) is 95.9 cm³/mol. The zero-order valence-electron chi connectivity index (χ0n) is 15.0. The molecule has 0 saturated carbocycles. The molecule has 1 unspecified atom stereocenters. The number of halogens is 1. The fourth-order valence-corrected chi connectivity index (χ4v) is 3.86. The lowest BCUT2D eigenvalue weighted by atomic mass is 9.99. The number of H-pyrrole nitrogens is 1. The van der Waals surface area contributed by atoms with E-state index in [0.717, 1.165) is 35.1 Å². The number of benzene rings is 2. The number of aromatic amines is 1. The van der Waals surface area contributed by atoms with Crippen LogP contribution in [0.1, 0.15) is 41.7 Å². The molecule has 6 heteroatoms. The summed E-state index contributed by atoms with van der Waals surface area (Å²) in [5.74, 6) is -0.707. The van der Waals surface area contributed by atoms with Crippen LogP contribution in [0.25, 0.3) is 22.2 Å². The number of hydrogen-bond donors (Lipinski definition) is 3. The van der Waals surface area contributed by atoms with Crippen LogP contribution in [0.2, 0.25) is 0 Å². The Bertz CT molecular complexity index is 1070. The number of carbonyl (C=O) groups is 1. The molecule has 0 radical (unpaired) electrons. The van der Waals surface area contributed by atoms with E-state index in [-0.39, 0.29) is 12.5 Å². The number of amides is 1. The quantitative estimate of drug-likeness (QED) is 0.660. The molecular formula is C20H18FN3O2. The highest BCUT2D eigenvalue weighted by Gasteiger charge is 2.24. The molecule has 3 aromatic rings. The topological polar surface area (TPSA) is 66.1 Å². The van der Waals surface area contributed by atoms with Crippen molar-refractivity contribution in [1.29, 1.82) is 0 Å². The molecule has 132 valence electrons. The second-order valence-electron chi connectivity index (χ2n) is 6.63. The van der Waals surface area contributed by atoms with Crippen LogP contribution < -0.4 is 10.8 Å². The van der Waals surface area contributed by atoms with Crippen LogP contribution in [0.3, 0.4) is 0 Å². The molecule has 1 fully saturated rings. The molecule has 3 heterocycles. The number of nitrogens with one attached hydrogen (secondary N) is 3. The van der Waals surface area contributed by atoms with Crippen LogP contribution in [0.15, 0.2) is 36.4 Å². The van der Waals surface area contributed by atoms with E-state index in [1.165, 1.54) is 6.07 Å². The molecule has 5 nitrogen and oxygen atoms in total. The summed E-state index contributed by atoms with van der Waals surface area (Å²) < 4.78 is 23.4. The lowest BCUT2D eigenvalue weighted by molar-refractivity contribution is 0.0256. The average molecular weight is 352 g/mol. The van der Waals surface area contributed by atoms with Gasteiger partial charge < -0.3 is 10.3 Å². The Morgan fingerprint density at radius 3 is 3.00 bits per heavy atom. The standard InChI is InChI=1S/C20H18FN3O2/c21-15-9-11(6-7-12(15)16-5-2-8-22-16)19-14-10-26-24-20(25)13-3-1-4-17(23-19)18(13)14/h1,3-4,6-7,9,16,22-23H,2,5,8,10H2,(H,24,25)/i16D. The molecule has 1 atom stereocenters. The highest BCUT2D eigenvalue weighted by atomic mass is 19.1. The van der Waals surface area contributed by atoms with Crippen molar-refractivity contribution >= 4 is 16.8 Å². The first-order valence-electron chi connectivity index (χ1n) is 9.18. The number of aromatic nitrogens is 1. The Morgan fingerprint density at radius 1 is 1.27 bits per heavy atom. The van der Waals surface area contributed by atoms with E-state index < -0.39 is 11.8 Å². The van der Waals surface area contributed by atoms with Gasteiger partial charge in [-0.1, -0.05) is 18.2 Å². The summed E-state index contributed by atoms with van der Waals surface area (Å²) in [7, 11) is 0. The smallest absolute Gasteiger partial charge is 0.275 e. The van der Waals surface area contributed by atoms with E-state index in [9.17, 15) is 9.18 Å². The molecule has 1 aromatic heterocycles. The summed E-state index contributed by atoms with van der Waals surface area (Å²) in [4.78, 5) is 20.8. The van der Waals surface area contributed by atoms with Gasteiger partial charge in [-0.2, -0.15) is 0 Å². The summed E-state index contributed by atoms with van der Waals surface area (Å²) in [5, 5.41) is 3.87. The van der Waals surface area contributed by atoms with Crippen molar-refractivity contribution in [2.75, 3.05) is 6.54 Å². The van der Waals surface area contributed by atoms with Gasteiger partial charge in [0.2, 0.25) is 0 Å². The van der Waals surface area contributed by atoms with Gasteiger partial charge in [0, 0.05) is 33.6 Å². The molecule has 5 rings (SSSR count). The summed E-state index contributed by atoms with van der Waals surface area (Å²) >= 11 is 0. The SMILES string of the molecule is [2H]C1(c2ccc(-c3[nH]c4cccc5c4c3CONC5=O)cc2F)CCCN1. The first kappa shape index (κ1) is 14.5. The van der Waals surface area contributed by atoms with Gasteiger partial charge in [0.15, 0.2) is 0 Å². The molecule has 3 N–H and O–H groups in total. The third kappa shape index (κ3) is 2.34. The lowest BCUT2D eigenvalue weighted by Crippen LogP contribution is -2.21. The van der Waals surface area contributed by atoms with Crippen LogP contribution >= 0.6 is 0 Å². The van der Waals surface area contributed by atoms with E-state index in [4.69, 9.17) is 6.21 Å². The van der Waals surface area contributed by atoms with E-state index in [1.807, 2.05) is 12.1 Å². The first-order chi connectivity index (χ1) is 13.1. The van der Waals surface area contributed by atoms with Crippen LogP contribution in [-0.4, -0.2) is 17.4 Å². The normalized spacial score (nSPS) is 23.0. The highest BCUT2D eigenvalue weighted by molar-refractivity contribution is 6.09. The third-order valence-corrected chi connectivity index (χ3v) is 5.08. The van der Waals surface area contributed by atoms with Gasteiger partial charge >= 0.3 is 0 Å². The zero-order chi connectivity index (χ0) is 18.6. The van der Waals surface area contributed by atoms with Gasteiger partial charge in [0.25, 0.3) is 5.91 Å². The van der Waals surface area contributed by atoms with Crippen LogP contribution in [0.4, 0.5) is 4.39 Å². The Balaban J connectivity index is 1.66. The fourth-order valence-electron chi connectivity index (χ4n) is 3.86. The largest absolute Gasteiger partial charge is 0.354 e. The van der Waals surface area contributed by atoms with Crippen molar-refractivity contribution in [1.82, 2.24) is 15.8 Å². The zero-order valence-corrected chi connectivity index (χ0v) is 14.0. The fraction of sp³-hybridized carbons (Fsp3) is 0.250. The number of hydroxylamine groups is 1. The minimum atomic E-state index is -1.07. The molecular weight excluding hydrogens is 333 g/mol. The number of carbonyl (C=O) groups excluding carboxylic acids is 1. The number of rotatable bonds is 2. The van der Waals surface area contributed by atoms with Crippen LogP contribution in [-0.2, 0) is 11.4 Å². The minimum absolute atomic E-state index is 0.186. The Kier molecular flexibility index (Phi) is 3.30. The van der Waals surface area contributed by atoms with Crippen molar-refractivity contribution in [3.8, 4) is 11.3 Å². The highest BCUT2D eigenvalue weighted by Crippen LogP contribution is 2.36. The molecule has 2 aromatic carbocycles. The Hall–Kier alpha value is -2.70. The van der Waals surface area contributed by atoms with Crippen molar-refractivity contribution < 1.29 is 15.4 Å². The van der Waals surface area contributed by atoms with Gasteiger partial charge in [-0.05, 0) is 37.6 Å². The predicted octanol–water partition coefficient (Wildman–Crippen LogP) is 3.57. The van der Waals surface area contributed by atoms with Crippen molar-refractivity contribution in [3.05, 3.63) is 58.9 Å². The van der Waals surface area contributed by atoms with E-state index in [1.54, 1.807) is 18.2 Å². The van der Waals surface area contributed by atoms with Gasteiger partial charge in [0.1, 0.15) is 12.4 Å². The maximum Gasteiger partial charge on any atom is 0.275 e. The molecule has 0 aliphatic carbocycles. The third-order valence-electron chi connectivity index (χ3n) is 5.08. The van der Waals surface area contributed by atoms with Gasteiger partial charge in [0.05, 0.1) is 12.6 Å². The Morgan fingerprint density at radius 2 is 2.19 bits per heavy atom. The second-order valence-corrected chi connectivity index (χ2v) is 6.63. The summed E-state index contributed by atoms with van der Waals surface area (Å²) in [6.07, 6.45) is 1.45. The van der Waals surface area contributed by atoms with E-state index in [0.29, 0.717) is 23.1 Å². The molecule has 1 saturated heterocycles. The van der Waals surface area contributed by atoms with Gasteiger partial charge in [-0.25, -0.2) is 9.87 Å². The molecule has 2 aliphatic rings. The molecule has 0 bridgehead atoms. The molecule has 2 aliphatic heterocycles. The monoisotopic (exact) mass is 352 g/mol. The molecule has 1 amide bonds. The molecule has 26 heavy (non-hydrogen) atoms. The second kappa shape index (κ2) is 5.93. The van der Waals surface area contributed by atoms with E-state index in [2.05, 4.69) is 15.8 Å². The van der Waals surface area contributed by atoms with Gasteiger partial charge in [-0.3, -0.25) is 9.63 Å². The number of hydrogen-bond acceptors (Lipinski definition) is 3. The maximum absolute atomic E-state index is 14.9. The van der Waals surface area contributed by atoms with Crippen molar-refractivity contribution in [2.45, 2.75) is 25.5 Å².